The molecule has 0 radical (unpaired) electrons. The highest BCUT2D eigenvalue weighted by Gasteiger charge is 2.09. The van der Waals surface area contributed by atoms with Crippen LogP contribution in [0.4, 0.5) is 0 Å². The van der Waals surface area contributed by atoms with E-state index in [2.05, 4.69) is 14.9 Å². The maximum atomic E-state index is 11.3. The number of aromatic amines is 1. The van der Waals surface area contributed by atoms with E-state index >= 15 is 0 Å². The number of hydrogen-bond donors (Lipinski definition) is 1. The molecule has 1 aromatic carbocycles. The number of carbonyl (C=O) groups excluding carboxylic acids is 1. The molecule has 0 atom stereocenters. The van der Waals surface area contributed by atoms with Gasteiger partial charge in [-0.15, -0.1) is 0 Å². The van der Waals surface area contributed by atoms with Crippen LogP contribution in [-0.4, -0.2) is 30.4 Å². The summed E-state index contributed by atoms with van der Waals surface area (Å²) in [6, 6.07) is 7.04. The molecule has 0 spiro atoms. The quantitative estimate of drug-likeness (QED) is 0.820. The monoisotopic (exact) mass is 232 g/mol. The van der Waals surface area contributed by atoms with Crippen LogP contribution in [0.1, 0.15) is 10.4 Å². The highest BCUT2D eigenvalue weighted by molar-refractivity contribution is 5.90. The number of benzene rings is 1. The summed E-state index contributed by atoms with van der Waals surface area (Å²) < 4.78 is 9.76. The van der Waals surface area contributed by atoms with E-state index in [-0.39, 0.29) is 5.97 Å². The van der Waals surface area contributed by atoms with Crippen molar-refractivity contribution in [3.63, 3.8) is 0 Å². The Labute approximate surface area is 98.4 Å². The lowest BCUT2D eigenvalue weighted by Gasteiger charge is -2.03. The second-order valence-corrected chi connectivity index (χ2v) is 3.39. The number of aromatic nitrogens is 2. The molecule has 88 valence electrons. The zero-order valence-corrected chi connectivity index (χ0v) is 9.56. The second-order valence-electron chi connectivity index (χ2n) is 3.39. The Kier molecular flexibility index (Phi) is 3.09. The van der Waals surface area contributed by atoms with Gasteiger partial charge in [0.1, 0.15) is 0 Å². The fraction of sp³-hybridized carbons (Fsp3) is 0.167. The number of hydrogen-bond acceptors (Lipinski definition) is 4. The molecular weight excluding hydrogens is 220 g/mol. The fourth-order valence-electron chi connectivity index (χ4n) is 1.54. The van der Waals surface area contributed by atoms with E-state index in [1.807, 2.05) is 12.1 Å². The number of ether oxygens (including phenoxy) is 2. The number of nitrogens with one attached hydrogen (secondary N) is 1. The van der Waals surface area contributed by atoms with Gasteiger partial charge in [0.15, 0.2) is 0 Å². The first-order valence-electron chi connectivity index (χ1n) is 5.02. The fourth-order valence-corrected chi connectivity index (χ4v) is 1.54. The van der Waals surface area contributed by atoms with Gasteiger partial charge in [0.25, 0.3) is 0 Å². The van der Waals surface area contributed by atoms with Gasteiger partial charge in [-0.2, -0.15) is 5.10 Å². The molecule has 5 heteroatoms. The van der Waals surface area contributed by atoms with Crippen LogP contribution in [-0.2, 0) is 4.74 Å². The minimum Gasteiger partial charge on any atom is -0.481 e. The maximum absolute atomic E-state index is 11.3. The van der Waals surface area contributed by atoms with Gasteiger partial charge in [0, 0.05) is 0 Å². The van der Waals surface area contributed by atoms with E-state index in [9.17, 15) is 4.79 Å². The highest BCUT2D eigenvalue weighted by atomic mass is 16.5. The lowest BCUT2D eigenvalue weighted by molar-refractivity contribution is 0.0601. The van der Waals surface area contributed by atoms with Crippen molar-refractivity contribution < 1.29 is 14.3 Å². The SMILES string of the molecule is COC(=O)c1ccc(-c2cn[nH]c2OC)cc1. The number of methoxy groups -OCH3 is 2. The minimum atomic E-state index is -0.351. The zero-order chi connectivity index (χ0) is 12.3. The molecule has 2 rings (SSSR count). The third-order valence-electron chi connectivity index (χ3n) is 2.43. The number of H-pyrrole nitrogens is 1. The average molecular weight is 232 g/mol. The first kappa shape index (κ1) is 11.2. The molecule has 1 heterocycles. The van der Waals surface area contributed by atoms with Crippen molar-refractivity contribution >= 4 is 5.97 Å². The van der Waals surface area contributed by atoms with Crippen molar-refractivity contribution in [1.82, 2.24) is 10.2 Å². The molecule has 17 heavy (non-hydrogen) atoms. The molecule has 0 unspecified atom stereocenters. The summed E-state index contributed by atoms with van der Waals surface area (Å²) in [5.41, 5.74) is 2.28. The first-order chi connectivity index (χ1) is 8.26. The number of carbonyl (C=O) groups is 1. The first-order valence-corrected chi connectivity index (χ1v) is 5.02. The van der Waals surface area contributed by atoms with Crippen LogP contribution in [0.5, 0.6) is 5.88 Å². The Balaban J connectivity index is 2.32. The van der Waals surface area contributed by atoms with Crippen LogP contribution in [0.3, 0.4) is 0 Å². The number of esters is 1. The van der Waals surface area contributed by atoms with Gasteiger partial charge >= 0.3 is 5.97 Å². The number of nitrogens with zero attached hydrogens (tertiary/aromatic N) is 1. The Bertz CT molecular complexity index is 517. The van der Waals surface area contributed by atoms with E-state index in [0.717, 1.165) is 11.1 Å². The second kappa shape index (κ2) is 4.69. The van der Waals surface area contributed by atoms with Crippen LogP contribution in [0.2, 0.25) is 0 Å². The Morgan fingerprint density at radius 3 is 2.53 bits per heavy atom. The average Bonchev–Trinajstić information content (AvgIpc) is 2.86. The summed E-state index contributed by atoms with van der Waals surface area (Å²) >= 11 is 0. The van der Waals surface area contributed by atoms with Crippen molar-refractivity contribution in [3.05, 3.63) is 36.0 Å². The molecule has 0 aliphatic rings. The van der Waals surface area contributed by atoms with Crippen LogP contribution in [0.25, 0.3) is 11.1 Å². The molecule has 0 aliphatic carbocycles. The lowest BCUT2D eigenvalue weighted by Crippen LogP contribution is -2.00. The highest BCUT2D eigenvalue weighted by Crippen LogP contribution is 2.27. The van der Waals surface area contributed by atoms with Gasteiger partial charge in [-0.3, -0.25) is 0 Å². The minimum absolute atomic E-state index is 0.351. The molecule has 5 nitrogen and oxygen atoms in total. The largest absolute Gasteiger partial charge is 0.481 e. The van der Waals surface area contributed by atoms with Crippen molar-refractivity contribution in [2.75, 3.05) is 14.2 Å². The summed E-state index contributed by atoms with van der Waals surface area (Å²) in [4.78, 5) is 11.3. The van der Waals surface area contributed by atoms with Crippen LogP contribution >= 0.6 is 0 Å². The molecule has 0 aliphatic heterocycles. The molecular formula is C12H12N2O3. The summed E-state index contributed by atoms with van der Waals surface area (Å²) in [5, 5.41) is 6.64. The predicted molar refractivity (Wildman–Crippen MR) is 61.9 cm³/mol. The lowest BCUT2D eigenvalue weighted by atomic mass is 10.1. The third kappa shape index (κ3) is 2.13. The van der Waals surface area contributed by atoms with Gasteiger partial charge in [0.05, 0.1) is 31.5 Å². The normalized spacial score (nSPS) is 10.0. The predicted octanol–water partition coefficient (Wildman–Crippen LogP) is 1.87. The molecule has 1 aromatic heterocycles. The summed E-state index contributed by atoms with van der Waals surface area (Å²) in [6.07, 6.45) is 1.67. The molecule has 0 saturated carbocycles. The van der Waals surface area contributed by atoms with E-state index in [4.69, 9.17) is 4.74 Å². The van der Waals surface area contributed by atoms with Gasteiger partial charge in [-0.25, -0.2) is 9.89 Å². The topological polar surface area (TPSA) is 64.2 Å². The summed E-state index contributed by atoms with van der Waals surface area (Å²) in [7, 11) is 2.93. The van der Waals surface area contributed by atoms with E-state index < -0.39 is 0 Å². The Hall–Kier alpha value is -2.30. The van der Waals surface area contributed by atoms with Crippen molar-refractivity contribution in [1.29, 1.82) is 0 Å². The van der Waals surface area contributed by atoms with E-state index in [1.165, 1.54) is 7.11 Å². The molecule has 2 aromatic rings. The zero-order valence-electron chi connectivity index (χ0n) is 9.56. The van der Waals surface area contributed by atoms with Crippen LogP contribution in [0.15, 0.2) is 30.5 Å². The van der Waals surface area contributed by atoms with Crippen LogP contribution < -0.4 is 4.74 Å². The standard InChI is InChI=1S/C12H12N2O3/c1-16-11-10(7-13-14-11)8-3-5-9(6-4-8)12(15)17-2/h3-7H,1-2H3,(H,13,14). The smallest absolute Gasteiger partial charge is 0.337 e. The van der Waals surface area contributed by atoms with Gasteiger partial charge in [-0.05, 0) is 17.7 Å². The van der Waals surface area contributed by atoms with Crippen molar-refractivity contribution in [2.24, 2.45) is 0 Å². The Morgan fingerprint density at radius 1 is 1.24 bits per heavy atom. The molecule has 0 bridgehead atoms. The van der Waals surface area contributed by atoms with Crippen LogP contribution in [0, 0.1) is 0 Å². The maximum Gasteiger partial charge on any atom is 0.337 e. The van der Waals surface area contributed by atoms with E-state index in [1.54, 1.807) is 25.4 Å². The van der Waals surface area contributed by atoms with Gasteiger partial charge in [0.2, 0.25) is 5.88 Å². The molecule has 1 N–H and O–H groups in total. The molecule has 0 fully saturated rings. The molecule has 0 amide bonds. The summed E-state index contributed by atoms with van der Waals surface area (Å²) in [6.45, 7) is 0. The number of rotatable bonds is 3. The van der Waals surface area contributed by atoms with Crippen molar-refractivity contribution in [3.8, 4) is 17.0 Å². The third-order valence-corrected chi connectivity index (χ3v) is 2.43. The van der Waals surface area contributed by atoms with Crippen molar-refractivity contribution in [2.45, 2.75) is 0 Å². The summed E-state index contributed by atoms with van der Waals surface area (Å²) in [5.74, 6) is 0.242. The Morgan fingerprint density at radius 2 is 1.94 bits per heavy atom. The van der Waals surface area contributed by atoms with Gasteiger partial charge < -0.3 is 9.47 Å². The van der Waals surface area contributed by atoms with Gasteiger partial charge in [-0.1, -0.05) is 12.1 Å². The molecule has 0 saturated heterocycles. The van der Waals surface area contributed by atoms with E-state index in [0.29, 0.717) is 11.4 Å².